The Balaban J connectivity index is 1.73. The third-order valence-corrected chi connectivity index (χ3v) is 5.92. The quantitative estimate of drug-likeness (QED) is 0.662. The highest BCUT2D eigenvalue weighted by Crippen LogP contribution is 2.25. The topological polar surface area (TPSA) is 87.9 Å². The Bertz CT molecular complexity index is 841. The van der Waals surface area contributed by atoms with Gasteiger partial charge in [0.1, 0.15) is 0 Å². The SMILES string of the molecule is CN1CCN(C(=O)NC(Cc2ccccc2)Cc2ccccc2SOC(N)=O)CC1. The van der Waals surface area contributed by atoms with Gasteiger partial charge in [0.25, 0.3) is 0 Å². The summed E-state index contributed by atoms with van der Waals surface area (Å²) in [6.45, 7) is 3.19. The number of hydrogen-bond acceptors (Lipinski definition) is 5. The molecule has 2 aromatic rings. The maximum atomic E-state index is 12.9. The molecule has 7 nitrogen and oxygen atoms in total. The second-order valence-electron chi connectivity index (χ2n) is 7.42. The van der Waals surface area contributed by atoms with Crippen LogP contribution < -0.4 is 11.1 Å². The molecule has 0 aromatic heterocycles. The molecule has 30 heavy (non-hydrogen) atoms. The minimum absolute atomic E-state index is 0.0393. The number of likely N-dealkylation sites (N-methyl/N-ethyl adjacent to an activating group) is 1. The van der Waals surface area contributed by atoms with Crippen LogP contribution in [0.1, 0.15) is 11.1 Å². The predicted octanol–water partition coefficient (Wildman–Crippen LogP) is 2.90. The van der Waals surface area contributed by atoms with Crippen molar-refractivity contribution < 1.29 is 13.8 Å². The van der Waals surface area contributed by atoms with Crippen LogP contribution >= 0.6 is 12.0 Å². The van der Waals surface area contributed by atoms with Crippen LogP contribution in [0.25, 0.3) is 0 Å². The second kappa shape index (κ2) is 10.9. The zero-order chi connectivity index (χ0) is 21.3. The van der Waals surface area contributed by atoms with Crippen molar-refractivity contribution in [3.05, 3.63) is 65.7 Å². The fraction of sp³-hybridized carbons (Fsp3) is 0.364. The average Bonchev–Trinajstić information content (AvgIpc) is 2.74. The van der Waals surface area contributed by atoms with Gasteiger partial charge in [0.05, 0.1) is 16.9 Å². The molecule has 0 bridgehead atoms. The second-order valence-corrected chi connectivity index (χ2v) is 8.20. The maximum Gasteiger partial charge on any atom is 0.417 e. The summed E-state index contributed by atoms with van der Waals surface area (Å²) in [4.78, 5) is 28.8. The third-order valence-electron chi connectivity index (χ3n) is 5.10. The van der Waals surface area contributed by atoms with Crippen molar-refractivity contribution in [2.45, 2.75) is 23.8 Å². The Morgan fingerprint density at radius 1 is 1.03 bits per heavy atom. The van der Waals surface area contributed by atoms with Crippen LogP contribution in [0.4, 0.5) is 9.59 Å². The van der Waals surface area contributed by atoms with Gasteiger partial charge in [-0.1, -0.05) is 48.5 Å². The Kier molecular flexibility index (Phi) is 7.98. The van der Waals surface area contributed by atoms with E-state index in [1.54, 1.807) is 0 Å². The summed E-state index contributed by atoms with van der Waals surface area (Å²) >= 11 is 0.947. The lowest BCUT2D eigenvalue weighted by Crippen LogP contribution is -2.53. The van der Waals surface area contributed by atoms with Crippen molar-refractivity contribution in [3.63, 3.8) is 0 Å². The molecule has 1 fully saturated rings. The fourth-order valence-corrected chi connectivity index (χ4v) is 4.02. The van der Waals surface area contributed by atoms with E-state index in [1.807, 2.05) is 47.4 Å². The van der Waals surface area contributed by atoms with Crippen LogP contribution in [0.5, 0.6) is 0 Å². The normalized spacial score (nSPS) is 15.4. The van der Waals surface area contributed by atoms with Crippen LogP contribution in [-0.4, -0.2) is 61.2 Å². The van der Waals surface area contributed by atoms with E-state index in [0.29, 0.717) is 12.8 Å². The molecule has 160 valence electrons. The fourth-order valence-electron chi connectivity index (χ4n) is 3.45. The van der Waals surface area contributed by atoms with E-state index < -0.39 is 6.09 Å². The molecule has 3 rings (SSSR count). The van der Waals surface area contributed by atoms with Crippen LogP contribution in [-0.2, 0) is 17.0 Å². The Morgan fingerprint density at radius 3 is 2.40 bits per heavy atom. The lowest BCUT2D eigenvalue weighted by Gasteiger charge is -2.33. The highest BCUT2D eigenvalue weighted by atomic mass is 32.2. The Labute approximate surface area is 181 Å². The number of urea groups is 1. The Hall–Kier alpha value is -2.71. The molecule has 0 saturated carbocycles. The molecule has 0 spiro atoms. The van der Waals surface area contributed by atoms with Crippen molar-refractivity contribution in [3.8, 4) is 0 Å². The van der Waals surface area contributed by atoms with Crippen LogP contribution in [0.2, 0.25) is 0 Å². The number of rotatable bonds is 7. The number of nitrogens with two attached hydrogens (primary N) is 1. The predicted molar refractivity (Wildman–Crippen MR) is 118 cm³/mol. The Morgan fingerprint density at radius 2 is 1.70 bits per heavy atom. The monoisotopic (exact) mass is 428 g/mol. The van der Waals surface area contributed by atoms with Gasteiger partial charge < -0.3 is 25.0 Å². The molecule has 1 aliphatic rings. The summed E-state index contributed by atoms with van der Waals surface area (Å²) in [5.74, 6) is 0. The van der Waals surface area contributed by atoms with Gasteiger partial charge in [0, 0.05) is 32.2 Å². The number of nitrogens with zero attached hydrogens (tertiary/aromatic N) is 2. The lowest BCUT2D eigenvalue weighted by atomic mass is 9.99. The van der Waals surface area contributed by atoms with Crippen molar-refractivity contribution in [2.75, 3.05) is 33.2 Å². The number of primary amides is 1. The number of benzene rings is 2. The first-order valence-corrected chi connectivity index (χ1v) is 10.7. The molecular weight excluding hydrogens is 400 g/mol. The molecule has 3 amide bonds. The first-order valence-electron chi connectivity index (χ1n) is 10.0. The number of piperazine rings is 1. The van der Waals surface area contributed by atoms with Crippen LogP contribution in [0, 0.1) is 0 Å². The zero-order valence-electron chi connectivity index (χ0n) is 17.1. The highest BCUT2D eigenvalue weighted by Gasteiger charge is 2.22. The summed E-state index contributed by atoms with van der Waals surface area (Å²) < 4.78 is 4.91. The van der Waals surface area contributed by atoms with Gasteiger partial charge >= 0.3 is 12.1 Å². The van der Waals surface area contributed by atoms with Gasteiger partial charge in [-0.25, -0.2) is 9.59 Å². The van der Waals surface area contributed by atoms with E-state index in [9.17, 15) is 9.59 Å². The molecular formula is C22H28N4O3S. The van der Waals surface area contributed by atoms with Crippen molar-refractivity contribution >= 4 is 24.2 Å². The lowest BCUT2D eigenvalue weighted by molar-refractivity contribution is 0.151. The standard InChI is InChI=1S/C22H28N4O3S/c1-25-11-13-26(14-12-25)22(28)24-19(15-17-7-3-2-4-8-17)16-18-9-5-6-10-20(18)30-29-21(23)27/h2-10,19H,11-16H2,1H3,(H2,23,27)(H,24,28). The summed E-state index contributed by atoms with van der Waals surface area (Å²) in [5.41, 5.74) is 7.25. The number of hydrogen-bond donors (Lipinski definition) is 2. The molecule has 1 atom stereocenters. The molecule has 8 heteroatoms. The molecule has 2 aromatic carbocycles. The van der Waals surface area contributed by atoms with Crippen LogP contribution in [0.3, 0.4) is 0 Å². The van der Waals surface area contributed by atoms with Crippen molar-refractivity contribution in [1.82, 2.24) is 15.1 Å². The van der Waals surface area contributed by atoms with Crippen molar-refractivity contribution in [1.29, 1.82) is 0 Å². The first-order chi connectivity index (χ1) is 14.5. The van der Waals surface area contributed by atoms with E-state index in [2.05, 4.69) is 29.4 Å². The van der Waals surface area contributed by atoms with Gasteiger partial charge in [0.15, 0.2) is 0 Å². The molecule has 1 aliphatic heterocycles. The number of nitrogens with one attached hydrogen (secondary N) is 1. The van der Waals surface area contributed by atoms with Gasteiger partial charge in [-0.3, -0.25) is 0 Å². The van der Waals surface area contributed by atoms with E-state index in [0.717, 1.165) is 54.2 Å². The third kappa shape index (κ3) is 6.67. The highest BCUT2D eigenvalue weighted by molar-refractivity contribution is 7.95. The van der Waals surface area contributed by atoms with E-state index in [1.165, 1.54) is 0 Å². The maximum absolute atomic E-state index is 12.9. The number of carbonyl (C=O) groups excluding carboxylic acids is 2. The van der Waals surface area contributed by atoms with Gasteiger partial charge in [0.2, 0.25) is 0 Å². The van der Waals surface area contributed by atoms with E-state index >= 15 is 0 Å². The summed E-state index contributed by atoms with van der Waals surface area (Å²) in [6.07, 6.45) is 0.481. The molecule has 0 aliphatic carbocycles. The zero-order valence-corrected chi connectivity index (χ0v) is 17.9. The average molecular weight is 429 g/mol. The summed E-state index contributed by atoms with van der Waals surface area (Å²) in [7, 11) is 2.07. The van der Waals surface area contributed by atoms with E-state index in [-0.39, 0.29) is 12.1 Å². The molecule has 1 saturated heterocycles. The largest absolute Gasteiger partial charge is 0.417 e. The molecule has 1 unspecified atom stereocenters. The summed E-state index contributed by atoms with van der Waals surface area (Å²) in [6, 6.07) is 17.6. The number of amides is 3. The summed E-state index contributed by atoms with van der Waals surface area (Å²) in [5, 5.41) is 3.22. The molecule has 1 heterocycles. The minimum Gasteiger partial charge on any atom is -0.370 e. The minimum atomic E-state index is -0.834. The van der Waals surface area contributed by atoms with E-state index in [4.69, 9.17) is 9.92 Å². The smallest absolute Gasteiger partial charge is 0.370 e. The van der Waals surface area contributed by atoms with Gasteiger partial charge in [-0.2, -0.15) is 0 Å². The first kappa shape index (κ1) is 22.0. The number of carbonyl (C=O) groups is 2. The van der Waals surface area contributed by atoms with Crippen LogP contribution in [0.15, 0.2) is 59.5 Å². The van der Waals surface area contributed by atoms with Gasteiger partial charge in [-0.05, 0) is 37.1 Å². The molecule has 3 N–H and O–H groups in total. The molecule has 0 radical (unpaired) electrons. The van der Waals surface area contributed by atoms with Gasteiger partial charge in [-0.15, -0.1) is 0 Å². The van der Waals surface area contributed by atoms with Crippen molar-refractivity contribution in [2.24, 2.45) is 5.73 Å².